The van der Waals surface area contributed by atoms with E-state index in [1.165, 1.54) is 16.2 Å². The third-order valence-corrected chi connectivity index (χ3v) is 5.26. The first-order chi connectivity index (χ1) is 15.4. The van der Waals surface area contributed by atoms with Gasteiger partial charge < -0.3 is 10.3 Å². The highest BCUT2D eigenvalue weighted by atomic mass is 16.2. The molecule has 9 heteroatoms. The number of fused-ring (bicyclic) bond motifs is 1. The number of primary amides is 1. The molecule has 2 aromatic heterocycles. The molecule has 9 nitrogen and oxygen atoms in total. The number of amides is 1. The molecule has 0 spiro atoms. The van der Waals surface area contributed by atoms with Crippen LogP contribution in [-0.2, 0) is 38.0 Å². The first-order valence-corrected chi connectivity index (χ1v) is 10.2. The molecule has 32 heavy (non-hydrogen) atoms. The van der Waals surface area contributed by atoms with Gasteiger partial charge in [-0.15, -0.1) is 0 Å². The van der Waals surface area contributed by atoms with Crippen molar-refractivity contribution in [3.05, 3.63) is 98.5 Å². The highest BCUT2D eigenvalue weighted by molar-refractivity contribution is 5.78. The Balaban J connectivity index is 1.78. The van der Waals surface area contributed by atoms with Crippen LogP contribution in [0.4, 0.5) is 0 Å². The van der Waals surface area contributed by atoms with Crippen LogP contribution in [0, 0.1) is 0 Å². The summed E-state index contributed by atoms with van der Waals surface area (Å²) >= 11 is 0. The van der Waals surface area contributed by atoms with Crippen LogP contribution in [0.15, 0.2) is 70.3 Å². The van der Waals surface area contributed by atoms with E-state index in [2.05, 4.69) is 14.9 Å². The number of nitrogens with zero attached hydrogens (tertiary/aromatic N) is 4. The minimum absolute atomic E-state index is 0.153. The average Bonchev–Trinajstić information content (AvgIpc) is 3.11. The third kappa shape index (κ3) is 4.52. The lowest BCUT2D eigenvalue weighted by molar-refractivity contribution is -0.118. The van der Waals surface area contributed by atoms with E-state index >= 15 is 0 Å². The van der Waals surface area contributed by atoms with E-state index in [0.29, 0.717) is 25.5 Å². The summed E-state index contributed by atoms with van der Waals surface area (Å²) in [5.41, 5.74) is 6.90. The van der Waals surface area contributed by atoms with E-state index in [1.54, 1.807) is 0 Å². The van der Waals surface area contributed by atoms with Crippen LogP contribution in [0.2, 0.25) is 0 Å². The molecule has 0 bridgehead atoms. The molecule has 0 saturated carbocycles. The summed E-state index contributed by atoms with van der Waals surface area (Å²) in [5.74, 6) is -0.117. The van der Waals surface area contributed by atoms with Crippen molar-refractivity contribution in [3.63, 3.8) is 0 Å². The van der Waals surface area contributed by atoms with Crippen molar-refractivity contribution in [3.8, 4) is 0 Å². The summed E-state index contributed by atoms with van der Waals surface area (Å²) in [6.07, 6.45) is 0. The number of carbonyl (C=O) groups is 1. The number of aryl methyl sites for hydroxylation is 1. The number of H-pyrrole nitrogens is 1. The first kappa shape index (κ1) is 21.3. The normalized spacial score (nSPS) is 11.3. The molecule has 0 saturated heterocycles. The van der Waals surface area contributed by atoms with Gasteiger partial charge in [-0.2, -0.15) is 0 Å². The Hall–Kier alpha value is -3.98. The molecule has 0 aliphatic rings. The molecule has 2 aromatic carbocycles. The second-order valence-electron chi connectivity index (χ2n) is 7.69. The number of imidazole rings is 1. The molecular formula is C23H24N6O3. The summed E-state index contributed by atoms with van der Waals surface area (Å²) in [5, 5.41) is 0. The largest absolute Gasteiger partial charge is 0.368 e. The number of nitrogens with two attached hydrogens (primary N) is 1. The molecular weight excluding hydrogens is 408 g/mol. The van der Waals surface area contributed by atoms with Crippen LogP contribution in [0.25, 0.3) is 11.2 Å². The predicted octanol–water partition coefficient (Wildman–Crippen LogP) is 1.11. The molecule has 164 valence electrons. The Morgan fingerprint density at radius 1 is 0.969 bits per heavy atom. The Labute approximate surface area is 183 Å². The van der Waals surface area contributed by atoms with Gasteiger partial charge in [-0.1, -0.05) is 60.7 Å². The van der Waals surface area contributed by atoms with Crippen molar-refractivity contribution in [2.75, 3.05) is 0 Å². The Kier molecular flexibility index (Phi) is 6.00. The van der Waals surface area contributed by atoms with Crippen LogP contribution in [0.5, 0.6) is 0 Å². The van der Waals surface area contributed by atoms with E-state index in [0.717, 1.165) is 11.1 Å². The quantitative estimate of drug-likeness (QED) is 0.432. The number of benzene rings is 2. The molecule has 0 radical (unpaired) electrons. The highest BCUT2D eigenvalue weighted by Gasteiger charge is 2.20. The number of aromatic amines is 1. The Morgan fingerprint density at radius 3 is 2.06 bits per heavy atom. The van der Waals surface area contributed by atoms with Crippen LogP contribution in [-0.4, -0.2) is 29.9 Å². The predicted molar refractivity (Wildman–Crippen MR) is 121 cm³/mol. The maximum Gasteiger partial charge on any atom is 0.329 e. The lowest BCUT2D eigenvalue weighted by atomic mass is 10.1. The Bertz CT molecular complexity index is 1310. The van der Waals surface area contributed by atoms with Gasteiger partial charge in [-0.3, -0.25) is 24.0 Å². The summed E-state index contributed by atoms with van der Waals surface area (Å²) in [6, 6.07) is 20.0. The second-order valence-corrected chi connectivity index (χ2v) is 7.69. The number of nitrogens with one attached hydrogen (secondary N) is 1. The van der Waals surface area contributed by atoms with Gasteiger partial charge >= 0.3 is 5.69 Å². The van der Waals surface area contributed by atoms with Gasteiger partial charge in [0.2, 0.25) is 5.91 Å². The van der Waals surface area contributed by atoms with Crippen molar-refractivity contribution >= 4 is 17.1 Å². The molecule has 0 fully saturated rings. The fraction of sp³-hybridized carbons (Fsp3) is 0.217. The zero-order chi connectivity index (χ0) is 22.7. The van der Waals surface area contributed by atoms with Gasteiger partial charge in [0.05, 0.1) is 6.54 Å². The second kappa shape index (κ2) is 9.03. The molecule has 0 atom stereocenters. The van der Waals surface area contributed by atoms with Crippen molar-refractivity contribution in [2.45, 2.75) is 26.2 Å². The number of hydrogen-bond acceptors (Lipinski definition) is 5. The topological polar surface area (TPSA) is 119 Å². The van der Waals surface area contributed by atoms with Gasteiger partial charge in [-0.25, -0.2) is 9.78 Å². The van der Waals surface area contributed by atoms with Crippen LogP contribution >= 0.6 is 0 Å². The lowest BCUT2D eigenvalue weighted by Crippen LogP contribution is -2.30. The lowest BCUT2D eigenvalue weighted by Gasteiger charge is -2.22. The molecule has 3 N–H and O–H groups in total. The van der Waals surface area contributed by atoms with Crippen molar-refractivity contribution < 1.29 is 4.79 Å². The van der Waals surface area contributed by atoms with E-state index < -0.39 is 17.2 Å². The van der Waals surface area contributed by atoms with Gasteiger partial charge in [0.15, 0.2) is 11.2 Å². The zero-order valence-corrected chi connectivity index (χ0v) is 17.7. The third-order valence-electron chi connectivity index (χ3n) is 5.26. The molecule has 0 aliphatic carbocycles. The fourth-order valence-corrected chi connectivity index (χ4v) is 3.78. The summed E-state index contributed by atoms with van der Waals surface area (Å²) in [4.78, 5) is 45.4. The fourth-order valence-electron chi connectivity index (χ4n) is 3.78. The molecule has 4 rings (SSSR count). The Morgan fingerprint density at radius 2 is 1.53 bits per heavy atom. The molecule has 1 amide bonds. The van der Waals surface area contributed by atoms with Gasteiger partial charge in [0.25, 0.3) is 5.56 Å². The molecule has 0 aliphatic heterocycles. The SMILES string of the molecule is Cn1c(=O)[nH]c(=O)c2c1nc(CN(Cc1ccccc1)Cc1ccccc1)n2CC(N)=O. The van der Waals surface area contributed by atoms with E-state index in [9.17, 15) is 14.4 Å². The van der Waals surface area contributed by atoms with Crippen LogP contribution in [0.1, 0.15) is 17.0 Å². The zero-order valence-electron chi connectivity index (χ0n) is 17.7. The average molecular weight is 432 g/mol. The maximum atomic E-state index is 12.5. The van der Waals surface area contributed by atoms with Crippen LogP contribution < -0.4 is 17.0 Å². The van der Waals surface area contributed by atoms with Crippen LogP contribution in [0.3, 0.4) is 0 Å². The van der Waals surface area contributed by atoms with E-state index in [1.807, 2.05) is 60.7 Å². The minimum Gasteiger partial charge on any atom is -0.368 e. The monoisotopic (exact) mass is 432 g/mol. The molecule has 4 aromatic rings. The smallest absolute Gasteiger partial charge is 0.329 e. The number of carbonyl (C=O) groups excluding carboxylic acids is 1. The number of aromatic nitrogens is 4. The van der Waals surface area contributed by atoms with Crippen molar-refractivity contribution in [1.82, 2.24) is 24.0 Å². The summed E-state index contributed by atoms with van der Waals surface area (Å²) in [7, 11) is 1.53. The first-order valence-electron chi connectivity index (χ1n) is 10.2. The number of rotatable bonds is 8. The van der Waals surface area contributed by atoms with Gasteiger partial charge in [0.1, 0.15) is 12.4 Å². The minimum atomic E-state index is -0.600. The highest BCUT2D eigenvalue weighted by Crippen LogP contribution is 2.17. The van der Waals surface area contributed by atoms with E-state index in [-0.39, 0.29) is 17.7 Å². The van der Waals surface area contributed by atoms with E-state index in [4.69, 9.17) is 5.73 Å². The molecule has 2 heterocycles. The van der Waals surface area contributed by atoms with Gasteiger partial charge in [0, 0.05) is 20.1 Å². The van der Waals surface area contributed by atoms with Crippen molar-refractivity contribution in [2.24, 2.45) is 12.8 Å². The maximum absolute atomic E-state index is 12.5. The number of hydrogen-bond donors (Lipinski definition) is 2. The summed E-state index contributed by atoms with van der Waals surface area (Å²) < 4.78 is 2.76. The standard InChI is InChI=1S/C23H24N6O3/c1-27-21-20(22(31)26-23(27)32)29(14-18(24)30)19(25-21)15-28(12-16-8-4-2-5-9-16)13-17-10-6-3-7-11-17/h2-11H,12-15H2,1H3,(H2,24,30)(H,26,31,32). The van der Waals surface area contributed by atoms with Gasteiger partial charge in [-0.05, 0) is 11.1 Å². The van der Waals surface area contributed by atoms with Crippen molar-refractivity contribution in [1.29, 1.82) is 0 Å². The summed E-state index contributed by atoms with van der Waals surface area (Å²) in [6.45, 7) is 1.40. The molecule has 0 unspecified atom stereocenters.